The normalized spacial score (nSPS) is 22.3. The summed E-state index contributed by atoms with van der Waals surface area (Å²) in [5.41, 5.74) is 1.40. The maximum atomic E-state index is 4.78. The third kappa shape index (κ3) is 3.53. The molecule has 3 nitrogen and oxygen atoms in total. The van der Waals surface area contributed by atoms with Gasteiger partial charge < -0.3 is 5.32 Å². The molecule has 1 aliphatic rings. The van der Waals surface area contributed by atoms with Gasteiger partial charge in [-0.2, -0.15) is 0 Å². The highest BCUT2D eigenvalue weighted by atomic mass is 32.1. The van der Waals surface area contributed by atoms with Crippen LogP contribution in [-0.2, 0) is 12.0 Å². The van der Waals surface area contributed by atoms with Crippen LogP contribution in [-0.4, -0.2) is 35.6 Å². The van der Waals surface area contributed by atoms with Gasteiger partial charge >= 0.3 is 0 Å². The Morgan fingerprint density at radius 2 is 2.28 bits per heavy atom. The summed E-state index contributed by atoms with van der Waals surface area (Å²) < 4.78 is 0. The summed E-state index contributed by atoms with van der Waals surface area (Å²) in [6.07, 6.45) is 1.21. The molecule has 0 aromatic carbocycles. The molecule has 1 fully saturated rings. The molecule has 0 spiro atoms. The lowest BCUT2D eigenvalue weighted by molar-refractivity contribution is 0.189. The highest BCUT2D eigenvalue weighted by Crippen LogP contribution is 2.24. The average Bonchev–Trinajstić information content (AvgIpc) is 2.77. The van der Waals surface area contributed by atoms with E-state index in [2.05, 4.69) is 43.3 Å². The van der Waals surface area contributed by atoms with Crippen molar-refractivity contribution in [2.75, 3.05) is 19.6 Å². The largest absolute Gasteiger partial charge is 0.311 e. The third-order valence-electron chi connectivity index (χ3n) is 3.51. The van der Waals surface area contributed by atoms with Gasteiger partial charge in [-0.05, 0) is 6.42 Å². The molecule has 1 aliphatic heterocycles. The molecule has 1 aromatic rings. The van der Waals surface area contributed by atoms with E-state index >= 15 is 0 Å². The van der Waals surface area contributed by atoms with Crippen LogP contribution in [0.15, 0.2) is 5.38 Å². The van der Waals surface area contributed by atoms with Crippen LogP contribution in [0.25, 0.3) is 0 Å². The lowest BCUT2D eigenvalue weighted by Crippen LogP contribution is -2.49. The highest BCUT2D eigenvalue weighted by molar-refractivity contribution is 7.09. The minimum Gasteiger partial charge on any atom is -0.311 e. The zero-order valence-corrected chi connectivity index (χ0v) is 12.8. The van der Waals surface area contributed by atoms with Gasteiger partial charge in [0, 0.05) is 36.5 Å². The quantitative estimate of drug-likeness (QED) is 0.912. The van der Waals surface area contributed by atoms with Gasteiger partial charge in [0.15, 0.2) is 0 Å². The molecule has 1 atom stereocenters. The molecule has 102 valence electrons. The number of hydrogen-bond acceptors (Lipinski definition) is 4. The average molecular weight is 267 g/mol. The van der Waals surface area contributed by atoms with Crippen molar-refractivity contribution in [1.29, 1.82) is 0 Å². The van der Waals surface area contributed by atoms with E-state index in [9.17, 15) is 0 Å². The van der Waals surface area contributed by atoms with Crippen LogP contribution in [0, 0.1) is 0 Å². The van der Waals surface area contributed by atoms with Gasteiger partial charge in [-0.1, -0.05) is 27.7 Å². The van der Waals surface area contributed by atoms with Crippen molar-refractivity contribution in [2.24, 2.45) is 0 Å². The first kappa shape index (κ1) is 14.0. The molecule has 4 heteroatoms. The molecular weight excluding hydrogens is 242 g/mol. The van der Waals surface area contributed by atoms with Crippen molar-refractivity contribution < 1.29 is 0 Å². The van der Waals surface area contributed by atoms with Crippen molar-refractivity contribution in [2.45, 2.75) is 52.1 Å². The number of rotatable bonds is 3. The lowest BCUT2D eigenvalue weighted by atomic mass is 9.93. The second kappa shape index (κ2) is 5.68. The Kier molecular flexibility index (Phi) is 4.41. The minimum atomic E-state index is 0.171. The standard InChI is InChI=1S/C14H25N3S/c1-5-11-8-17(7-6-15-11)9-13-16-12(10-18-13)14(2,3)4/h10-11,15H,5-9H2,1-4H3. The van der Waals surface area contributed by atoms with Gasteiger partial charge in [0.2, 0.25) is 0 Å². The van der Waals surface area contributed by atoms with Gasteiger partial charge in [-0.15, -0.1) is 11.3 Å². The summed E-state index contributed by atoms with van der Waals surface area (Å²) >= 11 is 1.81. The van der Waals surface area contributed by atoms with E-state index < -0.39 is 0 Å². The Morgan fingerprint density at radius 3 is 2.89 bits per heavy atom. The molecule has 1 N–H and O–H groups in total. The number of piperazine rings is 1. The smallest absolute Gasteiger partial charge is 0.107 e. The Balaban J connectivity index is 1.95. The maximum Gasteiger partial charge on any atom is 0.107 e. The van der Waals surface area contributed by atoms with E-state index in [0.29, 0.717) is 6.04 Å². The van der Waals surface area contributed by atoms with Gasteiger partial charge in [0.1, 0.15) is 5.01 Å². The van der Waals surface area contributed by atoms with Gasteiger partial charge in [0.05, 0.1) is 12.2 Å². The molecule has 0 bridgehead atoms. The number of aromatic nitrogens is 1. The van der Waals surface area contributed by atoms with Crippen LogP contribution < -0.4 is 5.32 Å². The summed E-state index contributed by atoms with van der Waals surface area (Å²) in [5.74, 6) is 0. The van der Waals surface area contributed by atoms with Crippen LogP contribution in [0.4, 0.5) is 0 Å². The fourth-order valence-electron chi connectivity index (χ4n) is 2.23. The van der Waals surface area contributed by atoms with Crippen LogP contribution >= 0.6 is 11.3 Å². The van der Waals surface area contributed by atoms with Crippen molar-refractivity contribution in [3.63, 3.8) is 0 Å². The lowest BCUT2D eigenvalue weighted by Gasteiger charge is -2.32. The molecule has 1 aromatic heterocycles. The molecule has 0 radical (unpaired) electrons. The molecule has 1 unspecified atom stereocenters. The van der Waals surface area contributed by atoms with E-state index in [1.54, 1.807) is 11.3 Å². The van der Waals surface area contributed by atoms with Crippen LogP contribution in [0.3, 0.4) is 0 Å². The predicted octanol–water partition coefficient (Wildman–Crippen LogP) is 2.62. The predicted molar refractivity (Wildman–Crippen MR) is 78.2 cm³/mol. The summed E-state index contributed by atoms with van der Waals surface area (Å²) in [5, 5.41) is 7.03. The van der Waals surface area contributed by atoms with Crippen molar-refractivity contribution in [3.8, 4) is 0 Å². The Hall–Kier alpha value is -0.450. The number of nitrogens with zero attached hydrogens (tertiary/aromatic N) is 2. The number of hydrogen-bond donors (Lipinski definition) is 1. The Bertz CT molecular complexity index is 381. The zero-order valence-electron chi connectivity index (χ0n) is 12.0. The summed E-state index contributed by atoms with van der Waals surface area (Å²) in [7, 11) is 0. The first-order valence-electron chi connectivity index (χ1n) is 6.89. The molecule has 2 heterocycles. The number of nitrogens with one attached hydrogen (secondary N) is 1. The van der Waals surface area contributed by atoms with Crippen LogP contribution in [0.2, 0.25) is 0 Å². The zero-order chi connectivity index (χ0) is 13.2. The van der Waals surface area contributed by atoms with Gasteiger partial charge in [-0.3, -0.25) is 4.90 Å². The highest BCUT2D eigenvalue weighted by Gasteiger charge is 2.21. The molecular formula is C14H25N3S. The molecule has 1 saturated heterocycles. The number of thiazole rings is 1. The first-order valence-corrected chi connectivity index (χ1v) is 7.77. The second-order valence-electron chi connectivity index (χ2n) is 6.17. The maximum absolute atomic E-state index is 4.78. The fraction of sp³-hybridized carbons (Fsp3) is 0.786. The molecule has 0 aliphatic carbocycles. The first-order chi connectivity index (χ1) is 8.49. The molecule has 0 saturated carbocycles. The minimum absolute atomic E-state index is 0.171. The molecule has 0 amide bonds. The fourth-order valence-corrected chi connectivity index (χ4v) is 3.29. The Morgan fingerprint density at radius 1 is 1.50 bits per heavy atom. The van der Waals surface area contributed by atoms with Crippen molar-refractivity contribution in [1.82, 2.24) is 15.2 Å². The Labute approximate surface area is 115 Å². The van der Waals surface area contributed by atoms with Crippen LogP contribution in [0.5, 0.6) is 0 Å². The molecule has 18 heavy (non-hydrogen) atoms. The van der Waals surface area contributed by atoms with E-state index in [1.165, 1.54) is 17.1 Å². The molecule has 2 rings (SSSR count). The van der Waals surface area contributed by atoms with Crippen molar-refractivity contribution in [3.05, 3.63) is 16.1 Å². The van der Waals surface area contributed by atoms with Gasteiger partial charge in [0.25, 0.3) is 0 Å². The summed E-state index contributed by atoms with van der Waals surface area (Å²) in [4.78, 5) is 7.31. The third-order valence-corrected chi connectivity index (χ3v) is 4.35. The van der Waals surface area contributed by atoms with Crippen molar-refractivity contribution >= 4 is 11.3 Å². The van der Waals surface area contributed by atoms with E-state index in [-0.39, 0.29) is 5.41 Å². The topological polar surface area (TPSA) is 28.2 Å². The summed E-state index contributed by atoms with van der Waals surface area (Å²) in [6.45, 7) is 13.3. The monoisotopic (exact) mass is 267 g/mol. The van der Waals surface area contributed by atoms with Crippen LogP contribution in [0.1, 0.15) is 44.8 Å². The van der Waals surface area contributed by atoms with E-state index in [4.69, 9.17) is 4.98 Å². The van der Waals surface area contributed by atoms with E-state index in [1.807, 2.05) is 0 Å². The van der Waals surface area contributed by atoms with Gasteiger partial charge in [-0.25, -0.2) is 4.98 Å². The summed E-state index contributed by atoms with van der Waals surface area (Å²) in [6, 6.07) is 0.654. The second-order valence-corrected chi connectivity index (χ2v) is 7.11. The SMILES string of the molecule is CCC1CN(Cc2nc(C(C)(C)C)cs2)CCN1. The van der Waals surface area contributed by atoms with E-state index in [0.717, 1.165) is 26.2 Å².